The second-order valence-corrected chi connectivity index (χ2v) is 7.52. The van der Waals surface area contributed by atoms with Crippen LogP contribution in [0.3, 0.4) is 0 Å². The van der Waals surface area contributed by atoms with Gasteiger partial charge in [-0.1, -0.05) is 24.3 Å². The van der Waals surface area contributed by atoms with E-state index in [2.05, 4.69) is 36.6 Å². The van der Waals surface area contributed by atoms with E-state index in [1.165, 1.54) is 17.5 Å². The Morgan fingerprint density at radius 1 is 1.04 bits per heavy atom. The molecular formula is C22H27N3OS. The van der Waals surface area contributed by atoms with E-state index in [1.807, 2.05) is 41.3 Å². The Hall–Kier alpha value is -2.40. The quantitative estimate of drug-likeness (QED) is 0.756. The SMILES string of the molecule is Cc1ccccc1[C@@H](C)NC(=S)Nc1ccc(C(=O)N2CCCCC2)cc1. The van der Waals surface area contributed by atoms with Crippen molar-refractivity contribution in [2.75, 3.05) is 18.4 Å². The van der Waals surface area contributed by atoms with Crippen molar-refractivity contribution in [3.05, 3.63) is 65.2 Å². The summed E-state index contributed by atoms with van der Waals surface area (Å²) >= 11 is 5.44. The monoisotopic (exact) mass is 381 g/mol. The molecule has 1 fully saturated rings. The summed E-state index contributed by atoms with van der Waals surface area (Å²) in [6.45, 7) is 5.92. The molecule has 1 aliphatic heterocycles. The van der Waals surface area contributed by atoms with Crippen LogP contribution in [0.1, 0.15) is 53.7 Å². The van der Waals surface area contributed by atoms with Crippen LogP contribution in [0, 0.1) is 6.92 Å². The minimum atomic E-state index is 0.117. The Balaban J connectivity index is 1.57. The van der Waals surface area contributed by atoms with Gasteiger partial charge in [0.25, 0.3) is 5.91 Å². The normalized spacial score (nSPS) is 15.1. The zero-order valence-electron chi connectivity index (χ0n) is 16.0. The van der Waals surface area contributed by atoms with Gasteiger partial charge in [0.15, 0.2) is 5.11 Å². The third-order valence-electron chi connectivity index (χ3n) is 5.04. The summed E-state index contributed by atoms with van der Waals surface area (Å²) in [6.07, 6.45) is 3.42. The van der Waals surface area contributed by atoms with Gasteiger partial charge in [0, 0.05) is 24.3 Å². The first-order chi connectivity index (χ1) is 13.0. The zero-order chi connectivity index (χ0) is 19.2. The van der Waals surface area contributed by atoms with Crippen LogP contribution in [0.4, 0.5) is 5.69 Å². The standard InChI is InChI=1S/C22H27N3OS/c1-16-8-4-5-9-20(16)17(2)23-22(27)24-19-12-10-18(11-13-19)21(26)25-14-6-3-7-15-25/h4-5,8-13,17H,3,6-7,14-15H2,1-2H3,(H2,23,24,27)/t17-/m1/s1. The number of nitrogens with zero attached hydrogens (tertiary/aromatic N) is 1. The number of anilines is 1. The van der Waals surface area contributed by atoms with Crippen LogP contribution in [0.5, 0.6) is 0 Å². The van der Waals surface area contributed by atoms with Crippen molar-refractivity contribution < 1.29 is 4.79 Å². The molecular weight excluding hydrogens is 354 g/mol. The first kappa shape index (κ1) is 19.4. The van der Waals surface area contributed by atoms with Crippen molar-refractivity contribution >= 4 is 28.9 Å². The lowest BCUT2D eigenvalue weighted by atomic mass is 10.0. The fraction of sp³-hybridized carbons (Fsp3) is 0.364. The highest BCUT2D eigenvalue weighted by atomic mass is 32.1. The summed E-state index contributed by atoms with van der Waals surface area (Å²) < 4.78 is 0. The zero-order valence-corrected chi connectivity index (χ0v) is 16.8. The van der Waals surface area contributed by atoms with Crippen LogP contribution in [0.25, 0.3) is 0 Å². The van der Waals surface area contributed by atoms with E-state index < -0.39 is 0 Å². The lowest BCUT2D eigenvalue weighted by Crippen LogP contribution is -2.35. The third kappa shape index (κ3) is 5.07. The van der Waals surface area contributed by atoms with E-state index in [9.17, 15) is 4.79 Å². The van der Waals surface area contributed by atoms with Gasteiger partial charge in [-0.15, -0.1) is 0 Å². The predicted octanol–water partition coefficient (Wildman–Crippen LogP) is 4.67. The smallest absolute Gasteiger partial charge is 0.253 e. The third-order valence-corrected chi connectivity index (χ3v) is 5.26. The Morgan fingerprint density at radius 2 is 1.70 bits per heavy atom. The Labute approximate surface area is 167 Å². The minimum Gasteiger partial charge on any atom is -0.356 e. The molecule has 27 heavy (non-hydrogen) atoms. The van der Waals surface area contributed by atoms with Gasteiger partial charge in [-0.3, -0.25) is 4.79 Å². The number of nitrogens with one attached hydrogen (secondary N) is 2. The molecule has 0 spiro atoms. The first-order valence-electron chi connectivity index (χ1n) is 9.57. The molecule has 1 amide bonds. The lowest BCUT2D eigenvalue weighted by molar-refractivity contribution is 0.0724. The summed E-state index contributed by atoms with van der Waals surface area (Å²) in [5.41, 5.74) is 4.07. The van der Waals surface area contributed by atoms with Crippen molar-refractivity contribution in [1.29, 1.82) is 0 Å². The Bertz CT molecular complexity index is 797. The Morgan fingerprint density at radius 3 is 2.37 bits per heavy atom. The Kier molecular flexibility index (Phi) is 6.45. The van der Waals surface area contributed by atoms with Crippen LogP contribution in [-0.2, 0) is 0 Å². The number of thiocarbonyl (C=S) groups is 1. The molecule has 5 heteroatoms. The van der Waals surface area contributed by atoms with Crippen LogP contribution in [-0.4, -0.2) is 29.0 Å². The van der Waals surface area contributed by atoms with E-state index in [0.29, 0.717) is 5.11 Å². The molecule has 142 valence electrons. The van der Waals surface area contributed by atoms with Gasteiger partial charge in [-0.05, 0) is 80.7 Å². The van der Waals surface area contributed by atoms with E-state index in [1.54, 1.807) is 0 Å². The maximum atomic E-state index is 12.5. The molecule has 0 saturated carbocycles. The van der Waals surface area contributed by atoms with Crippen molar-refractivity contribution in [2.24, 2.45) is 0 Å². The van der Waals surface area contributed by atoms with Gasteiger partial charge in [-0.25, -0.2) is 0 Å². The van der Waals surface area contributed by atoms with Gasteiger partial charge < -0.3 is 15.5 Å². The van der Waals surface area contributed by atoms with Crippen molar-refractivity contribution in [3.63, 3.8) is 0 Å². The van der Waals surface area contributed by atoms with E-state index in [4.69, 9.17) is 12.2 Å². The maximum absolute atomic E-state index is 12.5. The van der Waals surface area contributed by atoms with Gasteiger partial charge in [0.2, 0.25) is 0 Å². The molecule has 1 atom stereocenters. The molecule has 1 heterocycles. The lowest BCUT2D eigenvalue weighted by Gasteiger charge is -2.26. The molecule has 0 aromatic heterocycles. The molecule has 2 aromatic rings. The highest BCUT2D eigenvalue weighted by molar-refractivity contribution is 7.80. The fourth-order valence-electron chi connectivity index (χ4n) is 3.49. The number of carbonyl (C=O) groups is 1. The molecule has 1 saturated heterocycles. The molecule has 4 nitrogen and oxygen atoms in total. The van der Waals surface area contributed by atoms with Crippen LogP contribution in [0.15, 0.2) is 48.5 Å². The minimum absolute atomic E-state index is 0.117. The maximum Gasteiger partial charge on any atom is 0.253 e. The fourth-order valence-corrected chi connectivity index (χ4v) is 3.78. The van der Waals surface area contributed by atoms with Crippen molar-refractivity contribution in [2.45, 2.75) is 39.2 Å². The molecule has 0 aliphatic carbocycles. The molecule has 1 aliphatic rings. The summed E-state index contributed by atoms with van der Waals surface area (Å²) in [7, 11) is 0. The van der Waals surface area contributed by atoms with E-state index >= 15 is 0 Å². The molecule has 3 rings (SSSR count). The number of hydrogen-bond donors (Lipinski definition) is 2. The number of likely N-dealkylation sites (tertiary alicyclic amines) is 1. The molecule has 0 radical (unpaired) electrons. The second-order valence-electron chi connectivity index (χ2n) is 7.11. The van der Waals surface area contributed by atoms with Crippen molar-refractivity contribution in [1.82, 2.24) is 10.2 Å². The van der Waals surface area contributed by atoms with Crippen LogP contribution in [0.2, 0.25) is 0 Å². The number of carbonyl (C=O) groups excluding carboxylic acids is 1. The number of rotatable bonds is 4. The average molecular weight is 382 g/mol. The van der Waals surface area contributed by atoms with E-state index in [-0.39, 0.29) is 11.9 Å². The van der Waals surface area contributed by atoms with Gasteiger partial charge in [0.1, 0.15) is 0 Å². The van der Waals surface area contributed by atoms with Gasteiger partial charge >= 0.3 is 0 Å². The van der Waals surface area contributed by atoms with Gasteiger partial charge in [-0.2, -0.15) is 0 Å². The highest BCUT2D eigenvalue weighted by Crippen LogP contribution is 2.18. The van der Waals surface area contributed by atoms with Gasteiger partial charge in [0.05, 0.1) is 6.04 Å². The number of piperidine rings is 1. The van der Waals surface area contributed by atoms with Crippen molar-refractivity contribution in [3.8, 4) is 0 Å². The molecule has 2 N–H and O–H groups in total. The average Bonchev–Trinajstić information content (AvgIpc) is 2.69. The molecule has 2 aromatic carbocycles. The summed E-state index contributed by atoms with van der Waals surface area (Å²) in [4.78, 5) is 14.5. The summed E-state index contributed by atoms with van der Waals surface area (Å²) in [6, 6.07) is 15.9. The second kappa shape index (κ2) is 9.00. The number of aryl methyl sites for hydroxylation is 1. The summed E-state index contributed by atoms with van der Waals surface area (Å²) in [5, 5.41) is 7.09. The predicted molar refractivity (Wildman–Crippen MR) is 115 cm³/mol. The molecule has 0 bridgehead atoms. The summed E-state index contributed by atoms with van der Waals surface area (Å²) in [5.74, 6) is 0.120. The topological polar surface area (TPSA) is 44.4 Å². The van der Waals surface area contributed by atoms with Crippen LogP contribution >= 0.6 is 12.2 Å². The molecule has 0 unspecified atom stereocenters. The number of hydrogen-bond acceptors (Lipinski definition) is 2. The highest BCUT2D eigenvalue weighted by Gasteiger charge is 2.18. The first-order valence-corrected chi connectivity index (χ1v) is 9.98. The number of amides is 1. The largest absolute Gasteiger partial charge is 0.356 e. The number of benzene rings is 2. The van der Waals surface area contributed by atoms with E-state index in [0.717, 1.165) is 37.2 Å². The van der Waals surface area contributed by atoms with Crippen LogP contribution < -0.4 is 10.6 Å².